The molecule has 0 radical (unpaired) electrons. The number of carbonyl (C=O) groups excluding carboxylic acids is 1. The molecule has 0 N–H and O–H groups in total. The summed E-state index contributed by atoms with van der Waals surface area (Å²) < 4.78 is 9.78. The Kier molecular flexibility index (Phi) is 4.81. The summed E-state index contributed by atoms with van der Waals surface area (Å²) in [7, 11) is 1.24. The first-order valence-electron chi connectivity index (χ1n) is 6.35. The van der Waals surface area contributed by atoms with Gasteiger partial charge in [-0.25, -0.2) is 4.79 Å². The standard InChI is InChI=1S/C14H14N2O5S/c1-8-12(9(2)21-15-8)7-22-13-5-4-10(16(18)19)6-11(13)14(17)20-3/h4-6H,7H2,1-3H3. The third kappa shape index (κ3) is 3.28. The largest absolute Gasteiger partial charge is 0.465 e. The van der Waals surface area contributed by atoms with Crippen molar-refractivity contribution in [2.24, 2.45) is 0 Å². The van der Waals surface area contributed by atoms with E-state index in [1.165, 1.54) is 31.0 Å². The number of benzene rings is 1. The topological polar surface area (TPSA) is 95.5 Å². The monoisotopic (exact) mass is 322 g/mol. The number of non-ortho nitro benzene ring substituents is 1. The quantitative estimate of drug-likeness (QED) is 0.361. The van der Waals surface area contributed by atoms with Crippen LogP contribution in [0.3, 0.4) is 0 Å². The second-order valence-electron chi connectivity index (χ2n) is 4.52. The second-order valence-corrected chi connectivity index (χ2v) is 5.54. The van der Waals surface area contributed by atoms with E-state index in [0.29, 0.717) is 16.4 Å². The van der Waals surface area contributed by atoms with Crippen LogP contribution in [0.1, 0.15) is 27.4 Å². The summed E-state index contributed by atoms with van der Waals surface area (Å²) in [5.74, 6) is 0.652. The zero-order valence-electron chi connectivity index (χ0n) is 12.3. The molecular weight excluding hydrogens is 308 g/mol. The molecule has 0 atom stereocenters. The van der Waals surface area contributed by atoms with Crippen LogP contribution in [-0.2, 0) is 10.5 Å². The van der Waals surface area contributed by atoms with Gasteiger partial charge in [0.2, 0.25) is 0 Å². The molecule has 1 heterocycles. The van der Waals surface area contributed by atoms with E-state index in [-0.39, 0.29) is 11.3 Å². The molecule has 0 spiro atoms. The molecule has 0 fully saturated rings. The first kappa shape index (κ1) is 16.0. The van der Waals surface area contributed by atoms with E-state index in [9.17, 15) is 14.9 Å². The molecular formula is C14H14N2O5S. The van der Waals surface area contributed by atoms with E-state index in [2.05, 4.69) is 5.16 Å². The number of hydrogen-bond acceptors (Lipinski definition) is 7. The second kappa shape index (κ2) is 6.61. The maximum absolute atomic E-state index is 11.8. The first-order chi connectivity index (χ1) is 10.4. The average molecular weight is 322 g/mol. The molecule has 116 valence electrons. The van der Waals surface area contributed by atoms with Crippen molar-refractivity contribution in [2.45, 2.75) is 24.5 Å². The number of rotatable bonds is 5. The zero-order valence-corrected chi connectivity index (χ0v) is 13.1. The van der Waals surface area contributed by atoms with E-state index >= 15 is 0 Å². The maximum atomic E-state index is 11.8. The van der Waals surface area contributed by atoms with Crippen molar-refractivity contribution < 1.29 is 19.0 Å². The first-order valence-corrected chi connectivity index (χ1v) is 7.34. The summed E-state index contributed by atoms with van der Waals surface area (Å²) in [6.45, 7) is 3.65. The van der Waals surface area contributed by atoms with Crippen molar-refractivity contribution in [1.82, 2.24) is 5.16 Å². The molecule has 0 saturated carbocycles. The molecule has 0 unspecified atom stereocenters. The Balaban J connectivity index is 2.30. The maximum Gasteiger partial charge on any atom is 0.339 e. The van der Waals surface area contributed by atoms with Crippen molar-refractivity contribution in [2.75, 3.05) is 7.11 Å². The van der Waals surface area contributed by atoms with Gasteiger partial charge in [-0.3, -0.25) is 10.1 Å². The van der Waals surface area contributed by atoms with Gasteiger partial charge < -0.3 is 9.26 Å². The van der Waals surface area contributed by atoms with Gasteiger partial charge in [0.15, 0.2) is 0 Å². The van der Waals surface area contributed by atoms with Crippen molar-refractivity contribution in [1.29, 1.82) is 0 Å². The van der Waals surface area contributed by atoms with E-state index < -0.39 is 10.9 Å². The van der Waals surface area contributed by atoms with Crippen LogP contribution in [0.25, 0.3) is 0 Å². The average Bonchev–Trinajstić information content (AvgIpc) is 2.83. The molecule has 0 amide bonds. The fourth-order valence-electron chi connectivity index (χ4n) is 1.88. The molecule has 2 aromatic rings. The van der Waals surface area contributed by atoms with Gasteiger partial charge in [-0.1, -0.05) is 5.16 Å². The van der Waals surface area contributed by atoms with Crippen LogP contribution in [0.15, 0.2) is 27.6 Å². The SMILES string of the molecule is COC(=O)c1cc([N+](=O)[O-])ccc1SCc1c(C)noc1C. The summed E-state index contributed by atoms with van der Waals surface area (Å²) in [4.78, 5) is 22.7. The van der Waals surface area contributed by atoms with Crippen LogP contribution >= 0.6 is 11.8 Å². The van der Waals surface area contributed by atoms with Crippen LogP contribution in [0.4, 0.5) is 5.69 Å². The Bertz CT molecular complexity index is 707. The highest BCUT2D eigenvalue weighted by Gasteiger charge is 2.18. The minimum Gasteiger partial charge on any atom is -0.465 e. The number of ether oxygens (including phenoxy) is 1. The Morgan fingerprint density at radius 2 is 2.18 bits per heavy atom. The van der Waals surface area contributed by atoms with E-state index in [1.54, 1.807) is 6.07 Å². The van der Waals surface area contributed by atoms with E-state index in [0.717, 1.165) is 11.3 Å². The highest BCUT2D eigenvalue weighted by Crippen LogP contribution is 2.31. The smallest absolute Gasteiger partial charge is 0.339 e. The number of nitrogens with zero attached hydrogens (tertiary/aromatic N) is 2. The minimum atomic E-state index is -0.607. The lowest BCUT2D eigenvalue weighted by Gasteiger charge is -2.07. The van der Waals surface area contributed by atoms with Crippen LogP contribution in [0.2, 0.25) is 0 Å². The van der Waals surface area contributed by atoms with Crippen LogP contribution < -0.4 is 0 Å². The molecule has 1 aromatic carbocycles. The summed E-state index contributed by atoms with van der Waals surface area (Å²) in [5, 5.41) is 14.7. The number of aromatic nitrogens is 1. The van der Waals surface area contributed by atoms with Crippen molar-refractivity contribution in [3.8, 4) is 0 Å². The van der Waals surface area contributed by atoms with Crippen molar-refractivity contribution in [3.05, 3.63) is 50.9 Å². The predicted molar refractivity (Wildman–Crippen MR) is 80.0 cm³/mol. The van der Waals surface area contributed by atoms with Gasteiger partial charge in [-0.15, -0.1) is 11.8 Å². The summed E-state index contributed by atoms with van der Waals surface area (Å²) in [5.41, 5.74) is 1.75. The number of methoxy groups -OCH3 is 1. The summed E-state index contributed by atoms with van der Waals surface area (Å²) in [6, 6.07) is 4.14. The summed E-state index contributed by atoms with van der Waals surface area (Å²) >= 11 is 1.37. The van der Waals surface area contributed by atoms with Gasteiger partial charge in [0.05, 0.1) is 23.3 Å². The highest BCUT2D eigenvalue weighted by atomic mass is 32.2. The van der Waals surface area contributed by atoms with Gasteiger partial charge in [-0.05, 0) is 19.9 Å². The molecule has 0 aliphatic carbocycles. The lowest BCUT2D eigenvalue weighted by atomic mass is 10.2. The lowest BCUT2D eigenvalue weighted by molar-refractivity contribution is -0.384. The molecule has 0 aliphatic heterocycles. The lowest BCUT2D eigenvalue weighted by Crippen LogP contribution is -2.04. The number of hydrogen-bond donors (Lipinski definition) is 0. The molecule has 22 heavy (non-hydrogen) atoms. The number of nitro benzene ring substituents is 1. The third-order valence-corrected chi connectivity index (χ3v) is 4.23. The molecule has 1 aromatic heterocycles. The van der Waals surface area contributed by atoms with E-state index in [1.807, 2.05) is 13.8 Å². The third-order valence-electron chi connectivity index (χ3n) is 3.13. The molecule has 2 rings (SSSR count). The van der Waals surface area contributed by atoms with Crippen LogP contribution in [-0.4, -0.2) is 23.2 Å². The van der Waals surface area contributed by atoms with Gasteiger partial charge in [0.1, 0.15) is 5.76 Å². The Hall–Kier alpha value is -2.35. The summed E-state index contributed by atoms with van der Waals surface area (Å²) in [6.07, 6.45) is 0. The molecule has 8 heteroatoms. The Labute approximate surface area is 130 Å². The molecule has 0 bridgehead atoms. The van der Waals surface area contributed by atoms with Crippen molar-refractivity contribution >= 4 is 23.4 Å². The molecule has 0 aliphatic rings. The van der Waals surface area contributed by atoms with Crippen LogP contribution in [0.5, 0.6) is 0 Å². The normalized spacial score (nSPS) is 10.5. The number of carbonyl (C=O) groups is 1. The number of aryl methyl sites for hydroxylation is 2. The van der Waals surface area contributed by atoms with Gasteiger partial charge in [0, 0.05) is 28.3 Å². The number of thioether (sulfide) groups is 1. The van der Waals surface area contributed by atoms with Crippen molar-refractivity contribution in [3.63, 3.8) is 0 Å². The Morgan fingerprint density at radius 3 is 2.73 bits per heavy atom. The van der Waals surface area contributed by atoms with E-state index in [4.69, 9.17) is 9.26 Å². The number of esters is 1. The Morgan fingerprint density at radius 1 is 1.45 bits per heavy atom. The zero-order chi connectivity index (χ0) is 16.3. The molecule has 0 saturated heterocycles. The van der Waals surface area contributed by atoms with Gasteiger partial charge >= 0.3 is 5.97 Å². The predicted octanol–water partition coefficient (Wildman–Crippen LogP) is 3.28. The van der Waals surface area contributed by atoms with Crippen LogP contribution in [0, 0.1) is 24.0 Å². The fourth-order valence-corrected chi connectivity index (χ4v) is 3.06. The highest BCUT2D eigenvalue weighted by molar-refractivity contribution is 7.98. The molecule has 7 nitrogen and oxygen atoms in total. The minimum absolute atomic E-state index is 0.151. The number of nitro groups is 1. The fraction of sp³-hybridized carbons (Fsp3) is 0.286. The van der Waals surface area contributed by atoms with Gasteiger partial charge in [-0.2, -0.15) is 0 Å². The van der Waals surface area contributed by atoms with Gasteiger partial charge in [0.25, 0.3) is 5.69 Å².